The van der Waals surface area contributed by atoms with Crippen LogP contribution in [0.5, 0.6) is 0 Å². The minimum atomic E-state index is -5.08. The highest BCUT2D eigenvalue weighted by Crippen LogP contribution is 2.21. The molecule has 1 aromatic heterocycles. The highest BCUT2D eigenvalue weighted by molar-refractivity contribution is 5.74. The molecule has 2 rings (SSSR count). The van der Waals surface area contributed by atoms with E-state index in [-0.39, 0.29) is 18.0 Å². The lowest BCUT2D eigenvalue weighted by Gasteiger charge is -2.28. The number of urea groups is 1. The molecule has 0 radical (unpaired) electrons. The van der Waals surface area contributed by atoms with E-state index in [2.05, 4.69) is 24.1 Å². The number of carboxylic acids is 1. The van der Waals surface area contributed by atoms with Crippen molar-refractivity contribution in [1.82, 2.24) is 15.2 Å². The Balaban J connectivity index is 0.000000633. The van der Waals surface area contributed by atoms with Crippen LogP contribution in [0.25, 0.3) is 0 Å². The number of benzene rings is 1. The number of amides is 2. The van der Waals surface area contributed by atoms with Gasteiger partial charge in [-0.1, -0.05) is 50.2 Å². The van der Waals surface area contributed by atoms with Gasteiger partial charge in [-0.2, -0.15) is 13.2 Å². The Bertz CT molecular complexity index is 818. The summed E-state index contributed by atoms with van der Waals surface area (Å²) in [6.07, 6.45) is -3.34. The van der Waals surface area contributed by atoms with E-state index in [1.54, 1.807) is 18.2 Å². The highest BCUT2D eigenvalue weighted by Gasteiger charge is 2.38. The molecule has 0 spiro atoms. The molecule has 0 saturated heterocycles. The number of ether oxygens (including phenoxy) is 1. The summed E-state index contributed by atoms with van der Waals surface area (Å²) < 4.78 is 36.9. The van der Waals surface area contributed by atoms with E-state index in [0.717, 1.165) is 11.3 Å². The molecule has 2 N–H and O–H groups in total. The second-order valence-corrected chi connectivity index (χ2v) is 7.12. The number of hydrogen-bond donors (Lipinski definition) is 2. The van der Waals surface area contributed by atoms with Crippen LogP contribution in [0.15, 0.2) is 54.7 Å². The fraction of sp³-hybridized carbons (Fsp3) is 0.409. The van der Waals surface area contributed by atoms with Crippen LogP contribution in [0.2, 0.25) is 0 Å². The average Bonchev–Trinajstić information content (AvgIpc) is 2.75. The van der Waals surface area contributed by atoms with E-state index in [9.17, 15) is 18.0 Å². The second kappa shape index (κ2) is 13.3. The topological polar surface area (TPSA) is 91.8 Å². The number of alkyl halides is 3. The summed E-state index contributed by atoms with van der Waals surface area (Å²) in [5.74, 6) is -2.47. The third kappa shape index (κ3) is 9.78. The van der Waals surface area contributed by atoms with Crippen LogP contribution >= 0.6 is 0 Å². The summed E-state index contributed by atoms with van der Waals surface area (Å²) in [6.45, 7) is 5.67. The monoisotopic (exact) mass is 455 g/mol. The predicted molar refractivity (Wildman–Crippen MR) is 113 cm³/mol. The Morgan fingerprint density at radius 3 is 2.19 bits per heavy atom. The van der Waals surface area contributed by atoms with Crippen LogP contribution in [-0.4, -0.2) is 53.4 Å². The van der Waals surface area contributed by atoms with Crippen LogP contribution in [0.4, 0.5) is 18.0 Å². The molecule has 0 bridgehead atoms. The van der Waals surface area contributed by atoms with Gasteiger partial charge in [0.1, 0.15) is 0 Å². The summed E-state index contributed by atoms with van der Waals surface area (Å²) in [5, 5.41) is 10.3. The SMILES string of the molecule is COCCN(Cc1ccccn1)C(=O)NC(c1ccccc1)C(C)C.O=C(O)C(F)(F)F. The standard InChI is InChI=1S/C20H27N3O2.C2HF3O2/c1-16(2)19(17-9-5-4-6-10-17)22-20(24)23(13-14-25-3)15-18-11-7-8-12-21-18;3-2(4,5)1(6)7/h4-12,16,19H,13-15H2,1-3H3,(H,22,24);(H,6,7). The molecule has 2 amide bonds. The molecule has 1 unspecified atom stereocenters. The number of nitrogens with one attached hydrogen (secondary N) is 1. The molecule has 7 nitrogen and oxygen atoms in total. The number of aliphatic carboxylic acids is 1. The molecule has 32 heavy (non-hydrogen) atoms. The lowest BCUT2D eigenvalue weighted by molar-refractivity contribution is -0.192. The first kappa shape index (κ1) is 26.9. The second-order valence-electron chi connectivity index (χ2n) is 7.12. The quantitative estimate of drug-likeness (QED) is 0.620. The lowest BCUT2D eigenvalue weighted by atomic mass is 9.96. The first-order chi connectivity index (χ1) is 15.1. The van der Waals surface area contributed by atoms with E-state index < -0.39 is 12.1 Å². The number of carbonyl (C=O) groups excluding carboxylic acids is 1. The van der Waals surface area contributed by atoms with E-state index in [1.807, 2.05) is 48.5 Å². The molecule has 0 fully saturated rings. The number of hydrogen-bond acceptors (Lipinski definition) is 4. The summed E-state index contributed by atoms with van der Waals surface area (Å²) in [4.78, 5) is 27.8. The number of nitrogens with zero attached hydrogens (tertiary/aromatic N) is 2. The largest absolute Gasteiger partial charge is 0.490 e. The molecule has 0 aliphatic heterocycles. The number of rotatable bonds is 8. The third-order valence-electron chi connectivity index (χ3n) is 4.28. The van der Waals surface area contributed by atoms with Gasteiger partial charge < -0.3 is 20.1 Å². The van der Waals surface area contributed by atoms with Crippen LogP contribution in [0.1, 0.15) is 31.1 Å². The molecule has 0 aliphatic rings. The third-order valence-corrected chi connectivity index (χ3v) is 4.28. The molecule has 2 aromatic rings. The molecule has 176 valence electrons. The Hall–Kier alpha value is -3.14. The Labute approximate surface area is 185 Å². The van der Waals surface area contributed by atoms with Gasteiger partial charge in [0.2, 0.25) is 0 Å². The zero-order chi connectivity index (χ0) is 24.1. The molecule has 10 heteroatoms. The van der Waals surface area contributed by atoms with Crippen molar-refractivity contribution in [3.8, 4) is 0 Å². The maximum atomic E-state index is 12.9. The number of methoxy groups -OCH3 is 1. The molecule has 0 saturated carbocycles. The molecular weight excluding hydrogens is 427 g/mol. The van der Waals surface area contributed by atoms with Gasteiger partial charge in [0.15, 0.2) is 0 Å². The van der Waals surface area contributed by atoms with Gasteiger partial charge in [-0.15, -0.1) is 0 Å². The Kier molecular flexibility index (Phi) is 11.2. The van der Waals surface area contributed by atoms with Gasteiger partial charge in [0, 0.05) is 19.9 Å². The zero-order valence-corrected chi connectivity index (χ0v) is 18.2. The number of carbonyl (C=O) groups is 2. The van der Waals surface area contributed by atoms with Crippen molar-refractivity contribution >= 4 is 12.0 Å². The first-order valence-corrected chi connectivity index (χ1v) is 9.85. The Morgan fingerprint density at radius 1 is 1.12 bits per heavy atom. The maximum absolute atomic E-state index is 12.9. The molecule has 1 atom stereocenters. The van der Waals surface area contributed by atoms with Crippen molar-refractivity contribution in [1.29, 1.82) is 0 Å². The van der Waals surface area contributed by atoms with Gasteiger partial charge in [0.25, 0.3) is 0 Å². The predicted octanol–water partition coefficient (Wildman–Crippen LogP) is 4.27. The van der Waals surface area contributed by atoms with E-state index >= 15 is 0 Å². The van der Waals surface area contributed by atoms with Crippen LogP contribution in [0, 0.1) is 5.92 Å². The zero-order valence-electron chi connectivity index (χ0n) is 18.2. The van der Waals surface area contributed by atoms with Crippen LogP contribution in [-0.2, 0) is 16.1 Å². The van der Waals surface area contributed by atoms with E-state index in [1.165, 1.54) is 0 Å². The normalized spacial score (nSPS) is 11.8. The van der Waals surface area contributed by atoms with Crippen molar-refractivity contribution in [2.45, 2.75) is 32.6 Å². The number of aromatic nitrogens is 1. The summed E-state index contributed by atoms with van der Waals surface area (Å²) in [7, 11) is 1.64. The van der Waals surface area contributed by atoms with Gasteiger partial charge in [-0.25, -0.2) is 9.59 Å². The van der Waals surface area contributed by atoms with Gasteiger partial charge in [-0.05, 0) is 23.6 Å². The molecular formula is C22H28F3N3O4. The van der Waals surface area contributed by atoms with Crippen molar-refractivity contribution in [2.24, 2.45) is 5.92 Å². The Morgan fingerprint density at radius 2 is 1.72 bits per heavy atom. The van der Waals surface area contributed by atoms with Crippen LogP contribution < -0.4 is 5.32 Å². The fourth-order valence-electron chi connectivity index (χ4n) is 2.66. The van der Waals surface area contributed by atoms with Gasteiger partial charge in [0.05, 0.1) is 24.9 Å². The van der Waals surface area contributed by atoms with Crippen molar-refractivity contribution in [3.63, 3.8) is 0 Å². The molecule has 1 heterocycles. The maximum Gasteiger partial charge on any atom is 0.490 e. The van der Waals surface area contributed by atoms with E-state index in [0.29, 0.717) is 19.7 Å². The van der Waals surface area contributed by atoms with Crippen LogP contribution in [0.3, 0.4) is 0 Å². The van der Waals surface area contributed by atoms with E-state index in [4.69, 9.17) is 14.6 Å². The minimum Gasteiger partial charge on any atom is -0.475 e. The van der Waals surface area contributed by atoms with Crippen molar-refractivity contribution in [2.75, 3.05) is 20.3 Å². The first-order valence-electron chi connectivity index (χ1n) is 9.85. The summed E-state index contributed by atoms with van der Waals surface area (Å²) >= 11 is 0. The lowest BCUT2D eigenvalue weighted by Crippen LogP contribution is -2.44. The number of pyridine rings is 1. The van der Waals surface area contributed by atoms with Gasteiger partial charge >= 0.3 is 18.2 Å². The van der Waals surface area contributed by atoms with Crippen molar-refractivity contribution < 1.29 is 32.6 Å². The minimum absolute atomic E-state index is 0.0394. The van der Waals surface area contributed by atoms with Gasteiger partial charge in [-0.3, -0.25) is 4.98 Å². The molecule has 0 aliphatic carbocycles. The smallest absolute Gasteiger partial charge is 0.475 e. The summed E-state index contributed by atoms with van der Waals surface area (Å²) in [5.41, 5.74) is 1.96. The average molecular weight is 455 g/mol. The number of halogens is 3. The number of carboxylic acid groups (broad SMARTS) is 1. The highest BCUT2D eigenvalue weighted by atomic mass is 19.4. The molecule has 1 aromatic carbocycles. The fourth-order valence-corrected chi connectivity index (χ4v) is 2.66. The summed E-state index contributed by atoms with van der Waals surface area (Å²) in [6, 6.07) is 15.6. The van der Waals surface area contributed by atoms with Crippen molar-refractivity contribution in [3.05, 3.63) is 66.0 Å².